The Balaban J connectivity index is 0.00000192. The van der Waals surface area contributed by atoms with Crippen LogP contribution in [0.15, 0.2) is 28.7 Å². The molecule has 5 nitrogen and oxygen atoms in total. The molecule has 2 saturated heterocycles. The maximum absolute atomic E-state index is 12.7. The Morgan fingerprint density at radius 2 is 1.74 bits per heavy atom. The van der Waals surface area contributed by atoms with Crippen LogP contribution in [0.1, 0.15) is 23.2 Å². The number of nitrogens with zero attached hydrogens (tertiary/aromatic N) is 2. The van der Waals surface area contributed by atoms with Crippen molar-refractivity contribution in [2.24, 2.45) is 0 Å². The average Bonchev–Trinajstić information content (AvgIpc) is 3.04. The Morgan fingerprint density at radius 3 is 2.39 bits per heavy atom. The maximum atomic E-state index is 12.7. The lowest BCUT2D eigenvalue weighted by atomic mass is 10.1. The molecular formula is C16H21BrClN3O2. The van der Waals surface area contributed by atoms with Crippen molar-refractivity contribution in [3.8, 4) is 0 Å². The molecule has 2 amide bonds. The number of halogens is 2. The zero-order valence-corrected chi connectivity index (χ0v) is 15.2. The molecule has 0 aliphatic carbocycles. The van der Waals surface area contributed by atoms with Crippen LogP contribution in [0, 0.1) is 0 Å². The largest absolute Gasteiger partial charge is 0.338 e. The van der Waals surface area contributed by atoms with E-state index in [1.54, 1.807) is 17.0 Å². The summed E-state index contributed by atoms with van der Waals surface area (Å²) < 4.78 is 0.943. The van der Waals surface area contributed by atoms with E-state index < -0.39 is 0 Å². The molecule has 1 aromatic carbocycles. The van der Waals surface area contributed by atoms with E-state index in [0.29, 0.717) is 12.1 Å². The van der Waals surface area contributed by atoms with Gasteiger partial charge in [-0.3, -0.25) is 9.59 Å². The van der Waals surface area contributed by atoms with Crippen molar-refractivity contribution in [3.05, 3.63) is 34.3 Å². The van der Waals surface area contributed by atoms with Crippen LogP contribution < -0.4 is 5.32 Å². The van der Waals surface area contributed by atoms with Crippen molar-refractivity contribution >= 4 is 40.2 Å². The highest BCUT2D eigenvalue weighted by molar-refractivity contribution is 9.10. The normalized spacial score (nSPS) is 21.0. The third-order valence-corrected chi connectivity index (χ3v) is 4.85. The summed E-state index contributed by atoms with van der Waals surface area (Å²) in [6, 6.07) is 7.02. The molecule has 0 saturated carbocycles. The lowest BCUT2D eigenvalue weighted by Crippen LogP contribution is -2.53. The molecule has 2 aliphatic rings. The molecule has 1 unspecified atom stereocenters. The molecule has 3 rings (SSSR count). The molecule has 7 heteroatoms. The monoisotopic (exact) mass is 401 g/mol. The summed E-state index contributed by atoms with van der Waals surface area (Å²) in [4.78, 5) is 29.0. The highest BCUT2D eigenvalue weighted by Crippen LogP contribution is 2.23. The zero-order valence-electron chi connectivity index (χ0n) is 12.8. The number of hydrogen-bond acceptors (Lipinski definition) is 3. The van der Waals surface area contributed by atoms with Crippen LogP contribution in [0.2, 0.25) is 0 Å². The van der Waals surface area contributed by atoms with Crippen LogP contribution in [-0.2, 0) is 4.79 Å². The van der Waals surface area contributed by atoms with Crippen molar-refractivity contribution in [3.63, 3.8) is 0 Å². The van der Waals surface area contributed by atoms with Crippen molar-refractivity contribution in [1.29, 1.82) is 0 Å². The molecule has 23 heavy (non-hydrogen) atoms. The van der Waals surface area contributed by atoms with Gasteiger partial charge < -0.3 is 15.1 Å². The molecule has 2 aliphatic heterocycles. The number of amides is 2. The van der Waals surface area contributed by atoms with Gasteiger partial charge in [-0.1, -0.05) is 15.9 Å². The Kier molecular flexibility index (Phi) is 6.44. The van der Waals surface area contributed by atoms with Gasteiger partial charge in [-0.2, -0.15) is 0 Å². The van der Waals surface area contributed by atoms with Crippen LogP contribution in [0.25, 0.3) is 0 Å². The van der Waals surface area contributed by atoms with Crippen molar-refractivity contribution in [1.82, 2.24) is 15.1 Å². The third kappa shape index (κ3) is 4.05. The van der Waals surface area contributed by atoms with Crippen molar-refractivity contribution in [2.75, 3.05) is 32.7 Å². The number of rotatable bonds is 2. The van der Waals surface area contributed by atoms with Gasteiger partial charge in [0.05, 0.1) is 0 Å². The summed E-state index contributed by atoms with van der Waals surface area (Å²) in [5.41, 5.74) is 0.642. The molecule has 126 valence electrons. The second-order valence-corrected chi connectivity index (χ2v) is 6.65. The quantitative estimate of drug-likeness (QED) is 0.822. The Labute approximate surface area is 150 Å². The van der Waals surface area contributed by atoms with Gasteiger partial charge in [-0.25, -0.2) is 0 Å². The van der Waals surface area contributed by atoms with Gasteiger partial charge in [-0.05, 0) is 37.1 Å². The Morgan fingerprint density at radius 1 is 1.09 bits per heavy atom. The molecule has 1 atom stereocenters. The number of likely N-dealkylation sites (tertiary alicyclic amines) is 1. The summed E-state index contributed by atoms with van der Waals surface area (Å²) in [6.07, 6.45) is 1.66. The predicted octanol–water partition coefficient (Wildman–Crippen LogP) is 1.91. The number of piperazine rings is 1. The van der Waals surface area contributed by atoms with Gasteiger partial charge in [0.1, 0.15) is 6.04 Å². The first-order valence-corrected chi connectivity index (χ1v) is 8.52. The minimum absolute atomic E-state index is 0. The van der Waals surface area contributed by atoms with E-state index in [-0.39, 0.29) is 30.3 Å². The number of carbonyl (C=O) groups is 2. The first-order valence-electron chi connectivity index (χ1n) is 7.73. The smallest absolute Gasteiger partial charge is 0.254 e. The summed E-state index contributed by atoms with van der Waals surface area (Å²) in [7, 11) is 0. The van der Waals surface area contributed by atoms with Crippen LogP contribution in [0.4, 0.5) is 0 Å². The molecule has 2 fully saturated rings. The van der Waals surface area contributed by atoms with E-state index in [0.717, 1.165) is 43.5 Å². The number of hydrogen-bond donors (Lipinski definition) is 1. The fourth-order valence-electron chi connectivity index (χ4n) is 3.12. The lowest BCUT2D eigenvalue weighted by molar-refractivity contribution is -0.135. The van der Waals surface area contributed by atoms with Crippen LogP contribution in [0.3, 0.4) is 0 Å². The lowest BCUT2D eigenvalue weighted by Gasteiger charge is -2.33. The second kappa shape index (κ2) is 8.13. The minimum Gasteiger partial charge on any atom is -0.338 e. The third-order valence-electron chi connectivity index (χ3n) is 4.32. The molecule has 1 aromatic rings. The molecule has 0 bridgehead atoms. The summed E-state index contributed by atoms with van der Waals surface area (Å²) in [5.74, 6) is 0.0583. The molecule has 0 aromatic heterocycles. The van der Waals surface area contributed by atoms with E-state index in [4.69, 9.17) is 0 Å². The molecule has 0 radical (unpaired) electrons. The summed E-state index contributed by atoms with van der Waals surface area (Å²) in [5, 5.41) is 3.25. The predicted molar refractivity (Wildman–Crippen MR) is 94.9 cm³/mol. The molecule has 0 spiro atoms. The van der Waals surface area contributed by atoms with E-state index in [9.17, 15) is 9.59 Å². The van der Waals surface area contributed by atoms with E-state index in [2.05, 4.69) is 21.2 Å². The highest BCUT2D eigenvalue weighted by atomic mass is 79.9. The van der Waals surface area contributed by atoms with Gasteiger partial charge in [0.15, 0.2) is 0 Å². The first kappa shape index (κ1) is 18.2. The van der Waals surface area contributed by atoms with Gasteiger partial charge in [0, 0.05) is 42.8 Å². The van der Waals surface area contributed by atoms with E-state index >= 15 is 0 Å². The minimum atomic E-state index is -0.297. The van der Waals surface area contributed by atoms with E-state index in [1.807, 2.05) is 17.0 Å². The van der Waals surface area contributed by atoms with Crippen LogP contribution >= 0.6 is 28.3 Å². The average molecular weight is 403 g/mol. The number of nitrogens with one attached hydrogen (secondary N) is 1. The van der Waals surface area contributed by atoms with Gasteiger partial charge in [-0.15, -0.1) is 12.4 Å². The summed E-state index contributed by atoms with van der Waals surface area (Å²) in [6.45, 7) is 3.79. The standard InChI is InChI=1S/C16H20BrN3O2.ClH/c17-13-5-3-12(4-6-13)15(21)20-9-1-2-14(20)16(22)19-10-7-18-8-11-19;/h3-6,14,18H,1-2,7-11H2;1H. The Bertz CT molecular complexity index is 561. The zero-order chi connectivity index (χ0) is 15.5. The van der Waals surface area contributed by atoms with E-state index in [1.165, 1.54) is 0 Å². The Hall–Kier alpha value is -1.11. The van der Waals surface area contributed by atoms with Gasteiger partial charge >= 0.3 is 0 Å². The van der Waals surface area contributed by atoms with Crippen LogP contribution in [0.5, 0.6) is 0 Å². The topological polar surface area (TPSA) is 52.7 Å². The fraction of sp³-hybridized carbons (Fsp3) is 0.500. The van der Waals surface area contributed by atoms with Gasteiger partial charge in [0.2, 0.25) is 5.91 Å². The maximum Gasteiger partial charge on any atom is 0.254 e. The number of carbonyl (C=O) groups excluding carboxylic acids is 2. The van der Waals surface area contributed by atoms with Crippen LogP contribution in [-0.4, -0.2) is 60.4 Å². The SMILES string of the molecule is Cl.O=C(C1CCCN1C(=O)c1ccc(Br)cc1)N1CCNCC1. The fourth-order valence-corrected chi connectivity index (χ4v) is 3.39. The second-order valence-electron chi connectivity index (χ2n) is 5.74. The highest BCUT2D eigenvalue weighted by Gasteiger charge is 2.37. The first-order chi connectivity index (χ1) is 10.7. The van der Waals surface area contributed by atoms with Crippen molar-refractivity contribution < 1.29 is 9.59 Å². The molecule has 2 heterocycles. The number of benzene rings is 1. The summed E-state index contributed by atoms with van der Waals surface area (Å²) >= 11 is 3.37. The van der Waals surface area contributed by atoms with Crippen molar-refractivity contribution in [2.45, 2.75) is 18.9 Å². The molecular weight excluding hydrogens is 382 g/mol. The molecule has 1 N–H and O–H groups in total. The van der Waals surface area contributed by atoms with Gasteiger partial charge in [0.25, 0.3) is 5.91 Å².